The van der Waals surface area contributed by atoms with Crippen LogP contribution in [0.3, 0.4) is 0 Å². The smallest absolute Gasteiger partial charge is 0.0723 e. The van der Waals surface area contributed by atoms with Gasteiger partial charge in [-0.15, -0.1) is 0 Å². The van der Waals surface area contributed by atoms with Gasteiger partial charge < -0.3 is 0 Å². The molecule has 0 aliphatic heterocycles. The Balaban J connectivity index is 1.84. The molecular weight excluding hydrogens is 555 g/mol. The van der Waals surface area contributed by atoms with Crippen molar-refractivity contribution in [2.75, 3.05) is 0 Å². The lowest BCUT2D eigenvalue weighted by Crippen LogP contribution is -2.36. The average molecular weight is 598 g/mol. The number of nitrogens with zero attached hydrogens (tertiary/aromatic N) is 1. The largest absolute Gasteiger partial charge is 0.256 e. The van der Waals surface area contributed by atoms with Gasteiger partial charge in [0.2, 0.25) is 0 Å². The van der Waals surface area contributed by atoms with Crippen molar-refractivity contribution in [2.45, 2.75) is 67.7 Å². The molecule has 0 spiro atoms. The Bertz CT molecular complexity index is 2140. The first-order chi connectivity index (χ1) is 22.0. The van der Waals surface area contributed by atoms with Crippen LogP contribution in [0.1, 0.15) is 72.3 Å². The van der Waals surface area contributed by atoms with E-state index in [1.165, 1.54) is 99.3 Å². The van der Waals surface area contributed by atoms with Crippen molar-refractivity contribution in [2.24, 2.45) is 0 Å². The summed E-state index contributed by atoms with van der Waals surface area (Å²) in [5.74, 6) is 0. The SMILES string of the molecule is Cc1cc(C)c(C(c2c(C)cc(C)cc2C)(c2c(C)cc(C)cc2C)c2cc3cnc4ccccc4c3c3ccccc23)c(C)c1. The Kier molecular flexibility index (Phi) is 7.13. The van der Waals surface area contributed by atoms with Gasteiger partial charge in [-0.25, -0.2) is 0 Å². The average Bonchev–Trinajstić information content (AvgIpc) is 2.98. The molecule has 0 unspecified atom stereocenters. The first-order valence-electron chi connectivity index (χ1n) is 16.5. The normalized spacial score (nSPS) is 12.0. The highest BCUT2D eigenvalue weighted by Gasteiger charge is 2.45. The lowest BCUT2D eigenvalue weighted by Gasteiger charge is -2.44. The molecule has 0 N–H and O–H groups in total. The van der Waals surface area contributed by atoms with Crippen molar-refractivity contribution in [3.63, 3.8) is 0 Å². The molecule has 0 saturated carbocycles. The van der Waals surface area contributed by atoms with Crippen molar-refractivity contribution in [3.05, 3.63) is 170 Å². The molecule has 0 fully saturated rings. The summed E-state index contributed by atoms with van der Waals surface area (Å²) < 4.78 is 0. The summed E-state index contributed by atoms with van der Waals surface area (Å²) in [4.78, 5) is 5.00. The maximum Gasteiger partial charge on any atom is 0.0723 e. The second kappa shape index (κ2) is 11.0. The van der Waals surface area contributed by atoms with Gasteiger partial charge in [0.1, 0.15) is 0 Å². The monoisotopic (exact) mass is 597 g/mol. The van der Waals surface area contributed by atoms with E-state index in [2.05, 4.69) is 160 Å². The van der Waals surface area contributed by atoms with Gasteiger partial charge in [-0.1, -0.05) is 95.6 Å². The van der Waals surface area contributed by atoms with Crippen molar-refractivity contribution >= 4 is 32.4 Å². The summed E-state index contributed by atoms with van der Waals surface area (Å²) in [7, 11) is 0. The number of aryl methyl sites for hydroxylation is 9. The van der Waals surface area contributed by atoms with Gasteiger partial charge in [0, 0.05) is 22.4 Å². The van der Waals surface area contributed by atoms with Crippen molar-refractivity contribution in [1.29, 1.82) is 0 Å². The molecule has 46 heavy (non-hydrogen) atoms. The number of rotatable bonds is 4. The molecule has 0 radical (unpaired) electrons. The Morgan fingerprint density at radius 2 is 0.826 bits per heavy atom. The molecule has 7 aromatic rings. The number of para-hydroxylation sites is 1. The molecular formula is C45H43N. The maximum atomic E-state index is 5.00. The minimum atomic E-state index is -0.592. The fourth-order valence-corrected chi connectivity index (χ4v) is 9.14. The second-order valence-corrected chi connectivity index (χ2v) is 13.8. The van der Waals surface area contributed by atoms with E-state index in [4.69, 9.17) is 4.98 Å². The molecule has 6 aromatic carbocycles. The quantitative estimate of drug-likeness (QED) is 0.145. The molecule has 228 valence electrons. The fourth-order valence-electron chi connectivity index (χ4n) is 9.14. The Hall–Kier alpha value is -4.75. The van der Waals surface area contributed by atoms with Crippen molar-refractivity contribution < 1.29 is 0 Å². The highest BCUT2D eigenvalue weighted by Crippen LogP contribution is 2.54. The van der Waals surface area contributed by atoms with E-state index in [1.54, 1.807) is 0 Å². The van der Waals surface area contributed by atoms with E-state index < -0.39 is 5.41 Å². The Morgan fingerprint density at radius 1 is 0.435 bits per heavy atom. The van der Waals surface area contributed by atoms with E-state index in [-0.39, 0.29) is 0 Å². The van der Waals surface area contributed by atoms with Crippen LogP contribution in [0.5, 0.6) is 0 Å². The summed E-state index contributed by atoms with van der Waals surface area (Å²) in [6.07, 6.45) is 2.09. The third kappa shape index (κ3) is 4.40. The molecule has 1 heteroatoms. The van der Waals surface area contributed by atoms with Crippen LogP contribution in [0, 0.1) is 62.3 Å². The molecule has 1 aromatic heterocycles. The van der Waals surface area contributed by atoms with Gasteiger partial charge in [-0.2, -0.15) is 0 Å². The molecule has 0 atom stereocenters. The minimum absolute atomic E-state index is 0.592. The zero-order chi connectivity index (χ0) is 32.5. The van der Waals surface area contributed by atoms with Gasteiger partial charge in [-0.05, 0) is 141 Å². The van der Waals surface area contributed by atoms with Crippen LogP contribution in [-0.2, 0) is 5.41 Å². The fraction of sp³-hybridized carbons (Fsp3) is 0.222. The summed E-state index contributed by atoms with van der Waals surface area (Å²) >= 11 is 0. The number of fused-ring (bicyclic) bond motifs is 5. The number of hydrogen-bond donors (Lipinski definition) is 0. The van der Waals surface area contributed by atoms with Crippen LogP contribution in [0.4, 0.5) is 0 Å². The predicted molar refractivity (Wildman–Crippen MR) is 198 cm³/mol. The van der Waals surface area contributed by atoms with Gasteiger partial charge in [-0.3, -0.25) is 4.98 Å². The minimum Gasteiger partial charge on any atom is -0.256 e. The first kappa shape index (κ1) is 29.9. The zero-order valence-corrected chi connectivity index (χ0v) is 28.7. The van der Waals surface area contributed by atoms with Gasteiger partial charge >= 0.3 is 0 Å². The van der Waals surface area contributed by atoms with Crippen LogP contribution in [0.15, 0.2) is 97.2 Å². The molecule has 0 saturated heterocycles. The van der Waals surface area contributed by atoms with Gasteiger partial charge in [0.15, 0.2) is 0 Å². The van der Waals surface area contributed by atoms with Crippen LogP contribution in [-0.4, -0.2) is 4.98 Å². The van der Waals surface area contributed by atoms with Gasteiger partial charge in [0.05, 0.1) is 10.9 Å². The summed E-state index contributed by atoms with van der Waals surface area (Å²) in [6, 6.07) is 34.4. The van der Waals surface area contributed by atoms with E-state index in [1.807, 2.05) is 0 Å². The summed E-state index contributed by atoms with van der Waals surface area (Å²) in [5, 5.41) is 6.19. The first-order valence-corrected chi connectivity index (χ1v) is 16.5. The lowest BCUT2D eigenvalue weighted by atomic mass is 9.58. The van der Waals surface area contributed by atoms with Crippen LogP contribution < -0.4 is 0 Å². The topological polar surface area (TPSA) is 12.9 Å². The standard InChI is InChI=1S/C45H43N/c1-26-18-29(4)42(30(5)19-26)45(43-31(6)20-27(2)21-32(43)7,44-33(8)22-28(3)23-34(44)9)39-24-35-25-46-40-17-13-12-16-38(40)41(35)37-15-11-10-14-36(37)39/h10-25H,1-9H3. The molecule has 1 nitrogen and oxygen atoms in total. The number of aromatic nitrogens is 1. The van der Waals surface area contributed by atoms with E-state index in [9.17, 15) is 0 Å². The molecule has 7 rings (SSSR count). The van der Waals surface area contributed by atoms with Crippen molar-refractivity contribution in [1.82, 2.24) is 4.98 Å². The summed E-state index contributed by atoms with van der Waals surface area (Å²) in [6.45, 7) is 20.6. The second-order valence-electron chi connectivity index (χ2n) is 13.8. The third-order valence-corrected chi connectivity index (χ3v) is 10.2. The van der Waals surface area contributed by atoms with E-state index >= 15 is 0 Å². The van der Waals surface area contributed by atoms with Crippen molar-refractivity contribution in [3.8, 4) is 0 Å². The zero-order valence-electron chi connectivity index (χ0n) is 28.7. The van der Waals surface area contributed by atoms with Crippen LogP contribution in [0.2, 0.25) is 0 Å². The van der Waals surface area contributed by atoms with Crippen LogP contribution in [0.25, 0.3) is 32.4 Å². The predicted octanol–water partition coefficient (Wildman–Crippen LogP) is 11.7. The lowest BCUT2D eigenvalue weighted by molar-refractivity contribution is 0.713. The Morgan fingerprint density at radius 3 is 1.28 bits per heavy atom. The summed E-state index contributed by atoms with van der Waals surface area (Å²) in [5.41, 5.74) is 17.7. The molecule has 1 heterocycles. The molecule has 0 aliphatic rings. The molecule has 0 aliphatic carbocycles. The van der Waals surface area contributed by atoms with E-state index in [0.717, 1.165) is 5.52 Å². The number of hydrogen-bond acceptors (Lipinski definition) is 1. The molecule has 0 bridgehead atoms. The number of pyridine rings is 1. The molecule has 0 amide bonds. The highest BCUT2D eigenvalue weighted by atomic mass is 14.6. The van der Waals surface area contributed by atoms with E-state index in [0.29, 0.717) is 0 Å². The third-order valence-electron chi connectivity index (χ3n) is 10.2. The highest BCUT2D eigenvalue weighted by molar-refractivity contribution is 6.20. The number of benzene rings is 6. The maximum absolute atomic E-state index is 5.00. The van der Waals surface area contributed by atoms with Gasteiger partial charge in [0.25, 0.3) is 0 Å². The van der Waals surface area contributed by atoms with Crippen LogP contribution >= 0.6 is 0 Å². The Labute approximate surface area is 274 Å².